The Morgan fingerprint density at radius 3 is 2.55 bits per heavy atom. The number of carbonyl (C=O) groups is 1. The second kappa shape index (κ2) is 6.13. The van der Waals surface area contributed by atoms with E-state index in [0.29, 0.717) is 23.4 Å². The minimum absolute atomic E-state index is 0.264. The highest BCUT2D eigenvalue weighted by molar-refractivity contribution is 6.05. The molecule has 1 N–H and O–H groups in total. The molecule has 0 fully saturated rings. The van der Waals surface area contributed by atoms with Gasteiger partial charge in [-0.25, -0.2) is 9.97 Å². The zero-order valence-corrected chi connectivity index (χ0v) is 11.9. The molecule has 0 atom stereocenters. The van der Waals surface area contributed by atoms with Crippen molar-refractivity contribution in [3.8, 4) is 6.01 Å². The number of benzene rings is 1. The maximum absolute atomic E-state index is 12.2. The lowest BCUT2D eigenvalue weighted by atomic mass is 10.2. The second-order valence-electron chi connectivity index (χ2n) is 4.40. The molecule has 0 unspecified atom stereocenters. The SMILES string of the molecule is CCOc1ncc(NC(=O)c2ccc3nccnc3c2)cn1. The van der Waals surface area contributed by atoms with Gasteiger partial charge in [-0.1, -0.05) is 0 Å². The fourth-order valence-corrected chi connectivity index (χ4v) is 1.89. The molecule has 2 heterocycles. The summed E-state index contributed by atoms with van der Waals surface area (Å²) in [7, 11) is 0. The van der Waals surface area contributed by atoms with E-state index < -0.39 is 0 Å². The second-order valence-corrected chi connectivity index (χ2v) is 4.40. The van der Waals surface area contributed by atoms with E-state index >= 15 is 0 Å². The molecule has 110 valence electrons. The quantitative estimate of drug-likeness (QED) is 0.792. The van der Waals surface area contributed by atoms with Crippen LogP contribution in [0.1, 0.15) is 17.3 Å². The number of nitrogens with one attached hydrogen (secondary N) is 1. The molecule has 7 nitrogen and oxygen atoms in total. The maximum Gasteiger partial charge on any atom is 0.316 e. The fourth-order valence-electron chi connectivity index (χ4n) is 1.89. The maximum atomic E-state index is 12.2. The minimum atomic E-state index is -0.264. The van der Waals surface area contributed by atoms with E-state index in [9.17, 15) is 4.79 Å². The summed E-state index contributed by atoms with van der Waals surface area (Å²) in [6, 6.07) is 5.42. The molecule has 3 rings (SSSR count). The number of anilines is 1. The summed E-state index contributed by atoms with van der Waals surface area (Å²) in [4.78, 5) is 28.6. The number of hydrogen-bond donors (Lipinski definition) is 1. The van der Waals surface area contributed by atoms with Crippen LogP contribution in [-0.4, -0.2) is 32.4 Å². The fraction of sp³-hybridized carbons (Fsp3) is 0.133. The lowest BCUT2D eigenvalue weighted by Crippen LogP contribution is -2.12. The average molecular weight is 295 g/mol. The van der Waals surface area contributed by atoms with Gasteiger partial charge in [0.2, 0.25) is 0 Å². The first-order valence-electron chi connectivity index (χ1n) is 6.73. The largest absolute Gasteiger partial charge is 0.464 e. The van der Waals surface area contributed by atoms with E-state index in [1.807, 2.05) is 6.92 Å². The van der Waals surface area contributed by atoms with Crippen LogP contribution in [-0.2, 0) is 0 Å². The molecular formula is C15H13N5O2. The summed E-state index contributed by atoms with van der Waals surface area (Å²) in [5.74, 6) is -0.264. The molecule has 0 aliphatic rings. The van der Waals surface area contributed by atoms with Crippen LogP contribution in [0.2, 0.25) is 0 Å². The van der Waals surface area contributed by atoms with Gasteiger partial charge in [-0.3, -0.25) is 14.8 Å². The Hall–Kier alpha value is -3.09. The number of ether oxygens (including phenoxy) is 1. The summed E-state index contributed by atoms with van der Waals surface area (Å²) < 4.78 is 5.15. The Morgan fingerprint density at radius 1 is 1.09 bits per heavy atom. The van der Waals surface area contributed by atoms with Gasteiger partial charge in [-0.15, -0.1) is 0 Å². The van der Waals surface area contributed by atoms with Crippen LogP contribution in [0.25, 0.3) is 11.0 Å². The van der Waals surface area contributed by atoms with Crippen molar-refractivity contribution >= 4 is 22.6 Å². The molecule has 0 saturated heterocycles. The number of hydrogen-bond acceptors (Lipinski definition) is 6. The van der Waals surface area contributed by atoms with Crippen LogP contribution in [0.4, 0.5) is 5.69 Å². The van der Waals surface area contributed by atoms with Crippen LogP contribution in [0.5, 0.6) is 6.01 Å². The molecule has 0 radical (unpaired) electrons. The van der Waals surface area contributed by atoms with Crippen molar-refractivity contribution in [1.29, 1.82) is 0 Å². The van der Waals surface area contributed by atoms with Crippen LogP contribution in [0.3, 0.4) is 0 Å². The Labute approximate surface area is 126 Å². The van der Waals surface area contributed by atoms with Gasteiger partial charge in [0.05, 0.1) is 35.7 Å². The number of amides is 1. The molecule has 1 amide bonds. The summed E-state index contributed by atoms with van der Waals surface area (Å²) in [5, 5.41) is 2.72. The molecule has 3 aromatic rings. The highest BCUT2D eigenvalue weighted by atomic mass is 16.5. The summed E-state index contributed by atoms with van der Waals surface area (Å²) in [5.41, 5.74) is 2.39. The van der Waals surface area contributed by atoms with Gasteiger partial charge < -0.3 is 10.1 Å². The first-order chi connectivity index (χ1) is 10.8. The van der Waals surface area contributed by atoms with E-state index in [-0.39, 0.29) is 11.9 Å². The lowest BCUT2D eigenvalue weighted by Gasteiger charge is -2.06. The normalized spacial score (nSPS) is 10.4. The number of fused-ring (bicyclic) bond motifs is 1. The van der Waals surface area contributed by atoms with Gasteiger partial charge in [0.1, 0.15) is 0 Å². The smallest absolute Gasteiger partial charge is 0.316 e. The number of aromatic nitrogens is 4. The van der Waals surface area contributed by atoms with E-state index in [1.54, 1.807) is 30.6 Å². The molecular weight excluding hydrogens is 282 g/mol. The molecule has 0 spiro atoms. The topological polar surface area (TPSA) is 89.9 Å². The van der Waals surface area contributed by atoms with Crippen LogP contribution >= 0.6 is 0 Å². The summed E-state index contributed by atoms with van der Waals surface area (Å²) in [6.07, 6.45) is 6.19. The molecule has 0 aliphatic heterocycles. The van der Waals surface area contributed by atoms with Crippen molar-refractivity contribution in [1.82, 2.24) is 19.9 Å². The zero-order chi connectivity index (χ0) is 15.4. The Morgan fingerprint density at radius 2 is 1.82 bits per heavy atom. The first-order valence-corrected chi connectivity index (χ1v) is 6.73. The van der Waals surface area contributed by atoms with Crippen LogP contribution < -0.4 is 10.1 Å². The molecule has 22 heavy (non-hydrogen) atoms. The molecule has 0 bridgehead atoms. The number of carbonyl (C=O) groups excluding carboxylic acids is 1. The number of nitrogens with zero attached hydrogens (tertiary/aromatic N) is 4. The average Bonchev–Trinajstić information content (AvgIpc) is 2.56. The molecule has 0 aliphatic carbocycles. The molecule has 7 heteroatoms. The van der Waals surface area contributed by atoms with Gasteiger partial charge in [-0.05, 0) is 25.1 Å². The van der Waals surface area contributed by atoms with Gasteiger partial charge in [0, 0.05) is 18.0 Å². The third kappa shape index (κ3) is 2.98. The van der Waals surface area contributed by atoms with Gasteiger partial charge in [-0.2, -0.15) is 0 Å². The third-order valence-electron chi connectivity index (χ3n) is 2.89. The van der Waals surface area contributed by atoms with Crippen molar-refractivity contribution in [2.45, 2.75) is 6.92 Å². The lowest BCUT2D eigenvalue weighted by molar-refractivity contribution is 0.102. The molecule has 2 aromatic heterocycles. The van der Waals surface area contributed by atoms with Crippen molar-refractivity contribution in [3.63, 3.8) is 0 Å². The standard InChI is InChI=1S/C15H13N5O2/c1-2-22-15-18-8-11(9-19-15)20-14(21)10-3-4-12-13(7-10)17-6-5-16-12/h3-9H,2H2,1H3,(H,20,21). The van der Waals surface area contributed by atoms with E-state index in [1.165, 1.54) is 12.4 Å². The van der Waals surface area contributed by atoms with Crippen LogP contribution in [0.15, 0.2) is 43.0 Å². The zero-order valence-electron chi connectivity index (χ0n) is 11.9. The van der Waals surface area contributed by atoms with Gasteiger partial charge in [0.15, 0.2) is 0 Å². The van der Waals surface area contributed by atoms with E-state index in [4.69, 9.17) is 4.74 Å². The van der Waals surface area contributed by atoms with Crippen molar-refractivity contribution < 1.29 is 9.53 Å². The Bertz CT molecular complexity index is 804. The summed E-state index contributed by atoms with van der Waals surface area (Å²) in [6.45, 7) is 2.34. The first kappa shape index (κ1) is 13.9. The number of rotatable bonds is 4. The monoisotopic (exact) mass is 295 g/mol. The highest BCUT2D eigenvalue weighted by Gasteiger charge is 2.08. The van der Waals surface area contributed by atoms with E-state index in [0.717, 1.165) is 5.52 Å². The molecule has 1 aromatic carbocycles. The van der Waals surface area contributed by atoms with Gasteiger partial charge >= 0.3 is 6.01 Å². The van der Waals surface area contributed by atoms with Crippen molar-refractivity contribution in [2.24, 2.45) is 0 Å². The summed E-state index contributed by atoms with van der Waals surface area (Å²) >= 11 is 0. The predicted octanol–water partition coefficient (Wildman–Crippen LogP) is 2.07. The third-order valence-corrected chi connectivity index (χ3v) is 2.89. The van der Waals surface area contributed by atoms with Crippen molar-refractivity contribution in [3.05, 3.63) is 48.5 Å². The molecule has 0 saturated carbocycles. The van der Waals surface area contributed by atoms with E-state index in [2.05, 4.69) is 25.3 Å². The van der Waals surface area contributed by atoms with Crippen molar-refractivity contribution in [2.75, 3.05) is 11.9 Å². The highest BCUT2D eigenvalue weighted by Crippen LogP contribution is 2.13. The van der Waals surface area contributed by atoms with Gasteiger partial charge in [0.25, 0.3) is 5.91 Å². The predicted molar refractivity (Wildman–Crippen MR) is 80.7 cm³/mol. The minimum Gasteiger partial charge on any atom is -0.464 e. The van der Waals surface area contributed by atoms with Crippen LogP contribution in [0, 0.1) is 0 Å². The Kier molecular flexibility index (Phi) is 3.86. The Balaban J connectivity index is 1.77.